The van der Waals surface area contributed by atoms with Crippen LogP contribution in [0.4, 0.5) is 0 Å². The SMILES string of the molecule is CCCCCCCCCCCCCCCCOC[n+]1cn(CC)c2ccccc21.[Cl-]. The van der Waals surface area contributed by atoms with Crippen molar-refractivity contribution in [1.29, 1.82) is 0 Å². The minimum Gasteiger partial charge on any atom is -1.00 e. The first-order valence-corrected chi connectivity index (χ1v) is 12.4. The Morgan fingerprint density at radius 3 is 1.83 bits per heavy atom. The number of hydrogen-bond donors (Lipinski definition) is 0. The van der Waals surface area contributed by atoms with Gasteiger partial charge in [-0.05, 0) is 25.5 Å². The van der Waals surface area contributed by atoms with E-state index in [9.17, 15) is 0 Å². The van der Waals surface area contributed by atoms with Gasteiger partial charge in [-0.1, -0.05) is 103 Å². The molecule has 4 heteroatoms. The summed E-state index contributed by atoms with van der Waals surface area (Å²) < 4.78 is 10.5. The summed E-state index contributed by atoms with van der Waals surface area (Å²) in [6, 6.07) is 8.57. The Labute approximate surface area is 191 Å². The van der Waals surface area contributed by atoms with Gasteiger partial charge in [0.15, 0.2) is 17.8 Å². The van der Waals surface area contributed by atoms with Crippen molar-refractivity contribution in [1.82, 2.24) is 4.57 Å². The van der Waals surface area contributed by atoms with Gasteiger partial charge in [0.1, 0.15) is 0 Å². The van der Waals surface area contributed by atoms with E-state index in [1.165, 1.54) is 101 Å². The van der Waals surface area contributed by atoms with E-state index >= 15 is 0 Å². The van der Waals surface area contributed by atoms with Crippen LogP contribution in [0.2, 0.25) is 0 Å². The van der Waals surface area contributed by atoms with Crippen molar-refractivity contribution in [3.05, 3.63) is 30.6 Å². The molecule has 0 unspecified atom stereocenters. The zero-order chi connectivity index (χ0) is 20.6. The van der Waals surface area contributed by atoms with Crippen LogP contribution in [-0.4, -0.2) is 11.2 Å². The van der Waals surface area contributed by atoms with Gasteiger partial charge in [0, 0.05) is 0 Å². The molecule has 0 aliphatic carbocycles. The molecule has 2 aromatic rings. The van der Waals surface area contributed by atoms with Gasteiger partial charge in [-0.25, -0.2) is 9.13 Å². The largest absolute Gasteiger partial charge is 1.00 e. The van der Waals surface area contributed by atoms with Crippen LogP contribution >= 0.6 is 0 Å². The van der Waals surface area contributed by atoms with E-state index < -0.39 is 0 Å². The summed E-state index contributed by atoms with van der Waals surface area (Å²) in [6.45, 7) is 7.00. The van der Waals surface area contributed by atoms with Crippen LogP contribution in [0.1, 0.15) is 104 Å². The summed E-state index contributed by atoms with van der Waals surface area (Å²) in [5.41, 5.74) is 2.55. The quantitative estimate of drug-likeness (QED) is 0.250. The maximum Gasteiger partial charge on any atom is 0.246 e. The van der Waals surface area contributed by atoms with E-state index in [4.69, 9.17) is 4.74 Å². The van der Waals surface area contributed by atoms with E-state index in [-0.39, 0.29) is 12.4 Å². The summed E-state index contributed by atoms with van der Waals surface area (Å²) in [7, 11) is 0. The fourth-order valence-corrected chi connectivity index (χ4v) is 4.16. The second-order valence-corrected chi connectivity index (χ2v) is 8.49. The molecule has 1 aromatic carbocycles. The number of benzene rings is 1. The number of fused-ring (bicyclic) bond motifs is 1. The zero-order valence-corrected chi connectivity index (χ0v) is 20.3. The summed E-state index contributed by atoms with van der Waals surface area (Å²) >= 11 is 0. The third-order valence-electron chi connectivity index (χ3n) is 5.99. The van der Waals surface area contributed by atoms with Crippen LogP contribution in [-0.2, 0) is 18.0 Å². The monoisotopic (exact) mass is 436 g/mol. The highest BCUT2D eigenvalue weighted by atomic mass is 35.5. The topological polar surface area (TPSA) is 18.0 Å². The molecule has 0 fully saturated rings. The van der Waals surface area contributed by atoms with Gasteiger partial charge in [-0.2, -0.15) is 0 Å². The molecule has 3 nitrogen and oxygen atoms in total. The highest BCUT2D eigenvalue weighted by molar-refractivity contribution is 5.71. The minimum absolute atomic E-state index is 0. The molecule has 0 bridgehead atoms. The van der Waals surface area contributed by atoms with E-state index in [0.717, 1.165) is 13.2 Å². The molecular formula is C26H45ClN2O. The van der Waals surface area contributed by atoms with E-state index in [2.05, 4.69) is 53.6 Å². The van der Waals surface area contributed by atoms with E-state index in [1.54, 1.807) is 0 Å². The minimum atomic E-state index is 0. The van der Waals surface area contributed by atoms with Crippen molar-refractivity contribution in [2.45, 2.75) is 117 Å². The van der Waals surface area contributed by atoms with Gasteiger partial charge in [-0.15, -0.1) is 0 Å². The van der Waals surface area contributed by atoms with E-state index in [1.807, 2.05) is 0 Å². The number of para-hydroxylation sites is 2. The maximum atomic E-state index is 5.94. The Kier molecular flexibility index (Phi) is 15.8. The van der Waals surface area contributed by atoms with Gasteiger partial charge < -0.3 is 17.1 Å². The highest BCUT2D eigenvalue weighted by Crippen LogP contribution is 2.13. The molecule has 0 aliphatic heterocycles. The first-order chi connectivity index (χ1) is 14.4. The second kappa shape index (κ2) is 17.6. The van der Waals surface area contributed by atoms with Gasteiger partial charge in [0.2, 0.25) is 6.33 Å². The van der Waals surface area contributed by atoms with Crippen molar-refractivity contribution in [2.75, 3.05) is 6.61 Å². The standard InChI is InChI=1S/C26H45N2O.ClH/c1-3-5-6-7-8-9-10-11-12-13-14-15-16-19-22-29-24-28-23-27(4-2)25-20-17-18-21-26(25)28;/h17-18,20-21,23H,3-16,19,22,24H2,1-2H3;1H/q+1;/p-1. The third-order valence-corrected chi connectivity index (χ3v) is 5.99. The fraction of sp³-hybridized carbons (Fsp3) is 0.731. The van der Waals surface area contributed by atoms with Gasteiger partial charge in [-0.3, -0.25) is 0 Å². The van der Waals surface area contributed by atoms with Crippen molar-refractivity contribution in [2.24, 2.45) is 0 Å². The summed E-state index contributed by atoms with van der Waals surface area (Å²) in [5.74, 6) is 0. The molecule has 0 amide bonds. The maximum absolute atomic E-state index is 5.94. The molecule has 1 aromatic heterocycles. The lowest BCUT2D eigenvalue weighted by molar-refractivity contribution is -0.710. The van der Waals surface area contributed by atoms with Crippen LogP contribution in [0, 0.1) is 0 Å². The summed E-state index contributed by atoms with van der Waals surface area (Å²) in [4.78, 5) is 0. The number of imidazole rings is 1. The molecule has 172 valence electrons. The molecule has 0 saturated heterocycles. The first kappa shape index (κ1) is 27.0. The number of nitrogens with zero attached hydrogens (tertiary/aromatic N) is 2. The summed E-state index contributed by atoms with van der Waals surface area (Å²) in [5, 5.41) is 0. The molecule has 0 saturated carbocycles. The van der Waals surface area contributed by atoms with Crippen LogP contribution < -0.4 is 17.0 Å². The normalized spacial score (nSPS) is 11.1. The van der Waals surface area contributed by atoms with Gasteiger partial charge >= 0.3 is 0 Å². The Bertz CT molecular complexity index is 656. The van der Waals surface area contributed by atoms with Gasteiger partial charge in [0.25, 0.3) is 0 Å². The Balaban J connectivity index is 0.00000450. The number of aromatic nitrogens is 2. The van der Waals surface area contributed by atoms with Crippen LogP contribution in [0.5, 0.6) is 0 Å². The lowest BCUT2D eigenvalue weighted by Crippen LogP contribution is -3.00. The highest BCUT2D eigenvalue weighted by Gasteiger charge is 2.13. The van der Waals surface area contributed by atoms with Crippen molar-refractivity contribution in [3.8, 4) is 0 Å². The smallest absolute Gasteiger partial charge is 0.246 e. The zero-order valence-electron chi connectivity index (χ0n) is 19.6. The van der Waals surface area contributed by atoms with Crippen molar-refractivity contribution in [3.63, 3.8) is 0 Å². The second-order valence-electron chi connectivity index (χ2n) is 8.49. The molecule has 0 N–H and O–H groups in total. The van der Waals surface area contributed by atoms with E-state index in [0.29, 0.717) is 6.73 Å². The third kappa shape index (κ3) is 10.3. The first-order valence-electron chi connectivity index (χ1n) is 12.4. The molecule has 0 spiro atoms. The Hall–Kier alpha value is -1.06. The molecule has 1 heterocycles. The van der Waals surface area contributed by atoms with Crippen molar-refractivity contribution >= 4 is 11.0 Å². The number of hydrogen-bond acceptors (Lipinski definition) is 1. The molecule has 2 rings (SSSR count). The number of rotatable bonds is 18. The van der Waals surface area contributed by atoms with Crippen LogP contribution in [0.3, 0.4) is 0 Å². The molecule has 30 heavy (non-hydrogen) atoms. The van der Waals surface area contributed by atoms with Crippen LogP contribution in [0.15, 0.2) is 30.6 Å². The number of aryl methyl sites for hydroxylation is 1. The fourth-order valence-electron chi connectivity index (χ4n) is 4.16. The lowest BCUT2D eigenvalue weighted by Gasteiger charge is -2.04. The number of unbranched alkanes of at least 4 members (excludes halogenated alkanes) is 13. The predicted octanol–water partition coefficient (Wildman–Crippen LogP) is 4.41. The molecular weight excluding hydrogens is 392 g/mol. The predicted molar refractivity (Wildman–Crippen MR) is 124 cm³/mol. The molecule has 0 radical (unpaired) electrons. The molecule has 0 aliphatic rings. The summed E-state index contributed by atoms with van der Waals surface area (Å²) in [6.07, 6.45) is 21.8. The average Bonchev–Trinajstić information content (AvgIpc) is 3.11. The number of halogens is 1. The van der Waals surface area contributed by atoms with Gasteiger partial charge in [0.05, 0.1) is 13.2 Å². The van der Waals surface area contributed by atoms with Crippen LogP contribution in [0.25, 0.3) is 11.0 Å². The lowest BCUT2D eigenvalue weighted by atomic mass is 10.0. The number of ether oxygens (including phenoxy) is 1. The Morgan fingerprint density at radius 2 is 1.27 bits per heavy atom. The average molecular weight is 437 g/mol. The Morgan fingerprint density at radius 1 is 0.733 bits per heavy atom. The van der Waals surface area contributed by atoms with Crippen molar-refractivity contribution < 1.29 is 21.7 Å². The molecule has 0 atom stereocenters.